The van der Waals surface area contributed by atoms with Gasteiger partial charge >= 0.3 is 0 Å². The van der Waals surface area contributed by atoms with Gasteiger partial charge in [-0.25, -0.2) is 0 Å². The summed E-state index contributed by atoms with van der Waals surface area (Å²) < 4.78 is 2.68. The summed E-state index contributed by atoms with van der Waals surface area (Å²) >= 11 is 9.35. The monoisotopic (exact) mass is 299 g/mol. The maximum atomic E-state index is 6.18. The summed E-state index contributed by atoms with van der Waals surface area (Å²) in [6, 6.07) is 7.29. The Morgan fingerprint density at radius 3 is 2.75 bits per heavy atom. The third kappa shape index (κ3) is 2.14. The molecule has 1 atom stereocenters. The smallest absolute Gasteiger partial charge is 0.0734 e. The van der Waals surface area contributed by atoms with Crippen molar-refractivity contribution in [2.24, 2.45) is 12.8 Å². The molecule has 0 saturated heterocycles. The van der Waals surface area contributed by atoms with Gasteiger partial charge in [0, 0.05) is 22.7 Å². The SMILES string of the molecule is Cn1nccc1C(N)c1ccc(Cl)cc1Br. The molecule has 0 amide bonds. The van der Waals surface area contributed by atoms with E-state index in [0.717, 1.165) is 15.7 Å². The first-order valence-corrected chi connectivity index (χ1v) is 5.95. The lowest BCUT2D eigenvalue weighted by Gasteiger charge is -2.14. The van der Waals surface area contributed by atoms with Crippen LogP contribution in [0.2, 0.25) is 5.02 Å². The highest BCUT2D eigenvalue weighted by molar-refractivity contribution is 9.10. The lowest BCUT2D eigenvalue weighted by atomic mass is 10.1. The summed E-state index contributed by atoms with van der Waals surface area (Å²) in [6.07, 6.45) is 1.74. The van der Waals surface area contributed by atoms with E-state index >= 15 is 0 Å². The fraction of sp³-hybridized carbons (Fsp3) is 0.182. The van der Waals surface area contributed by atoms with Crippen LogP contribution < -0.4 is 5.73 Å². The Kier molecular flexibility index (Phi) is 3.33. The Morgan fingerprint density at radius 1 is 1.44 bits per heavy atom. The van der Waals surface area contributed by atoms with Gasteiger partial charge in [0.05, 0.1) is 11.7 Å². The highest BCUT2D eigenvalue weighted by Gasteiger charge is 2.15. The Balaban J connectivity index is 2.41. The van der Waals surface area contributed by atoms with Gasteiger partial charge in [-0.05, 0) is 23.8 Å². The van der Waals surface area contributed by atoms with Gasteiger partial charge < -0.3 is 5.73 Å². The van der Waals surface area contributed by atoms with Crippen molar-refractivity contribution in [2.75, 3.05) is 0 Å². The first-order chi connectivity index (χ1) is 7.59. The lowest BCUT2D eigenvalue weighted by Crippen LogP contribution is -2.16. The maximum Gasteiger partial charge on any atom is 0.0734 e. The summed E-state index contributed by atoms with van der Waals surface area (Å²) in [5.41, 5.74) is 8.13. The molecule has 2 rings (SSSR count). The van der Waals surface area contributed by atoms with Crippen LogP contribution in [0.5, 0.6) is 0 Å². The van der Waals surface area contributed by atoms with Crippen molar-refractivity contribution in [3.05, 3.63) is 51.2 Å². The molecule has 0 spiro atoms. The van der Waals surface area contributed by atoms with E-state index in [0.29, 0.717) is 5.02 Å². The van der Waals surface area contributed by atoms with E-state index in [9.17, 15) is 0 Å². The molecule has 1 aromatic carbocycles. The largest absolute Gasteiger partial charge is 0.319 e. The molecule has 0 aliphatic carbocycles. The van der Waals surface area contributed by atoms with Crippen LogP contribution in [0.25, 0.3) is 0 Å². The number of halogens is 2. The molecule has 5 heteroatoms. The van der Waals surface area contributed by atoms with Crippen LogP contribution in [-0.2, 0) is 7.05 Å². The Morgan fingerprint density at radius 2 is 2.19 bits per heavy atom. The van der Waals surface area contributed by atoms with Crippen molar-refractivity contribution >= 4 is 27.5 Å². The van der Waals surface area contributed by atoms with Gasteiger partial charge in [0.1, 0.15) is 0 Å². The Bertz CT molecular complexity index is 510. The summed E-state index contributed by atoms with van der Waals surface area (Å²) in [7, 11) is 1.87. The van der Waals surface area contributed by atoms with Crippen LogP contribution in [0, 0.1) is 0 Å². The molecular weight excluding hydrogens is 289 g/mol. The zero-order valence-electron chi connectivity index (χ0n) is 8.69. The van der Waals surface area contributed by atoms with E-state index in [4.69, 9.17) is 17.3 Å². The predicted molar refractivity (Wildman–Crippen MR) is 68.4 cm³/mol. The highest BCUT2D eigenvalue weighted by atomic mass is 79.9. The molecule has 2 aromatic rings. The molecule has 0 fully saturated rings. The van der Waals surface area contributed by atoms with Gasteiger partial charge in [0.2, 0.25) is 0 Å². The first kappa shape index (κ1) is 11.6. The van der Waals surface area contributed by atoms with Crippen LogP contribution in [-0.4, -0.2) is 9.78 Å². The standard InChI is InChI=1S/C11H11BrClN3/c1-16-10(4-5-15-16)11(14)8-3-2-7(13)6-9(8)12/h2-6,11H,14H2,1H3. The van der Waals surface area contributed by atoms with Crippen LogP contribution in [0.15, 0.2) is 34.9 Å². The van der Waals surface area contributed by atoms with Crippen molar-refractivity contribution in [2.45, 2.75) is 6.04 Å². The third-order valence-electron chi connectivity index (χ3n) is 2.48. The van der Waals surface area contributed by atoms with E-state index in [1.165, 1.54) is 0 Å². The van der Waals surface area contributed by atoms with Crippen molar-refractivity contribution in [3.63, 3.8) is 0 Å². The third-order valence-corrected chi connectivity index (χ3v) is 3.40. The number of hydrogen-bond donors (Lipinski definition) is 1. The normalized spacial score (nSPS) is 12.8. The predicted octanol–water partition coefficient (Wildman–Crippen LogP) is 2.88. The average Bonchev–Trinajstić information content (AvgIpc) is 2.63. The fourth-order valence-electron chi connectivity index (χ4n) is 1.60. The Hall–Kier alpha value is -0.840. The van der Waals surface area contributed by atoms with E-state index in [1.807, 2.05) is 31.3 Å². The van der Waals surface area contributed by atoms with Gasteiger partial charge in [0.15, 0.2) is 0 Å². The minimum absolute atomic E-state index is 0.209. The zero-order valence-corrected chi connectivity index (χ0v) is 11.0. The first-order valence-electron chi connectivity index (χ1n) is 4.78. The van der Waals surface area contributed by atoms with E-state index < -0.39 is 0 Å². The van der Waals surface area contributed by atoms with Crippen LogP contribution in [0.1, 0.15) is 17.3 Å². The number of benzene rings is 1. The number of aromatic nitrogens is 2. The van der Waals surface area contributed by atoms with Crippen LogP contribution >= 0.6 is 27.5 Å². The van der Waals surface area contributed by atoms with Gasteiger partial charge in [-0.15, -0.1) is 0 Å². The number of aryl methyl sites for hydroxylation is 1. The quantitative estimate of drug-likeness (QED) is 0.927. The molecule has 0 bridgehead atoms. The van der Waals surface area contributed by atoms with Gasteiger partial charge in [-0.1, -0.05) is 33.6 Å². The van der Waals surface area contributed by atoms with Gasteiger partial charge in [0.25, 0.3) is 0 Å². The van der Waals surface area contributed by atoms with E-state index in [2.05, 4.69) is 21.0 Å². The molecule has 0 aliphatic rings. The number of hydrogen-bond acceptors (Lipinski definition) is 2. The van der Waals surface area contributed by atoms with E-state index in [1.54, 1.807) is 10.9 Å². The van der Waals surface area contributed by atoms with Crippen molar-refractivity contribution < 1.29 is 0 Å². The van der Waals surface area contributed by atoms with E-state index in [-0.39, 0.29) is 6.04 Å². The summed E-state index contributed by atoms with van der Waals surface area (Å²) in [5, 5.41) is 4.79. The Labute approximate surface area is 107 Å². The molecule has 0 aliphatic heterocycles. The molecule has 3 nitrogen and oxygen atoms in total. The minimum Gasteiger partial charge on any atom is -0.319 e. The number of nitrogens with two attached hydrogens (primary N) is 1. The summed E-state index contributed by atoms with van der Waals surface area (Å²) in [5.74, 6) is 0. The second-order valence-electron chi connectivity index (χ2n) is 3.52. The van der Waals surface area contributed by atoms with Gasteiger partial charge in [-0.3, -0.25) is 4.68 Å². The second-order valence-corrected chi connectivity index (χ2v) is 4.81. The van der Waals surface area contributed by atoms with Gasteiger partial charge in [-0.2, -0.15) is 5.10 Å². The molecular formula is C11H11BrClN3. The summed E-state index contributed by atoms with van der Waals surface area (Å²) in [6.45, 7) is 0. The molecule has 0 radical (unpaired) electrons. The molecule has 1 unspecified atom stereocenters. The maximum absolute atomic E-state index is 6.18. The lowest BCUT2D eigenvalue weighted by molar-refractivity contribution is 0.672. The average molecular weight is 301 g/mol. The molecule has 2 N–H and O–H groups in total. The zero-order chi connectivity index (χ0) is 11.7. The number of nitrogens with zero attached hydrogens (tertiary/aromatic N) is 2. The summed E-state index contributed by atoms with van der Waals surface area (Å²) in [4.78, 5) is 0. The molecule has 16 heavy (non-hydrogen) atoms. The van der Waals surface area contributed by atoms with Crippen LogP contribution in [0.3, 0.4) is 0 Å². The van der Waals surface area contributed by atoms with Crippen molar-refractivity contribution in [3.8, 4) is 0 Å². The molecule has 0 saturated carbocycles. The topological polar surface area (TPSA) is 43.8 Å². The molecule has 1 heterocycles. The minimum atomic E-state index is -0.209. The van der Waals surface area contributed by atoms with Crippen LogP contribution in [0.4, 0.5) is 0 Å². The molecule has 84 valence electrons. The van der Waals surface area contributed by atoms with Crippen molar-refractivity contribution in [1.82, 2.24) is 9.78 Å². The highest BCUT2D eigenvalue weighted by Crippen LogP contribution is 2.28. The molecule has 1 aromatic heterocycles. The second kappa shape index (κ2) is 4.57. The number of rotatable bonds is 2. The van der Waals surface area contributed by atoms with Crippen molar-refractivity contribution in [1.29, 1.82) is 0 Å². The fourth-order valence-corrected chi connectivity index (χ4v) is 2.53.